The molecule has 0 heterocycles. The number of aliphatic hydroxyl groups excluding tert-OH is 1. The molecule has 0 saturated heterocycles. The van der Waals surface area contributed by atoms with Crippen molar-refractivity contribution in [1.82, 2.24) is 4.31 Å². The summed E-state index contributed by atoms with van der Waals surface area (Å²) in [6, 6.07) is 2.43. The van der Waals surface area contributed by atoms with Crippen molar-refractivity contribution in [1.29, 1.82) is 0 Å². The van der Waals surface area contributed by atoms with E-state index < -0.39 is 32.4 Å². The van der Waals surface area contributed by atoms with Crippen LogP contribution in [0.15, 0.2) is 23.1 Å². The second-order valence-electron chi connectivity index (χ2n) is 4.34. The van der Waals surface area contributed by atoms with Crippen LogP contribution in [0.5, 0.6) is 5.75 Å². The van der Waals surface area contributed by atoms with Gasteiger partial charge in [-0.1, -0.05) is 0 Å². The van der Waals surface area contributed by atoms with Gasteiger partial charge < -0.3 is 10.2 Å². The van der Waals surface area contributed by atoms with E-state index in [2.05, 4.69) is 0 Å². The molecular formula is C11H16N2O6S. The predicted molar refractivity (Wildman–Crippen MR) is 70.9 cm³/mol. The third-order valence-electron chi connectivity index (χ3n) is 2.65. The lowest BCUT2D eigenvalue weighted by atomic mass is 10.3. The fraction of sp³-hybridized carbons (Fsp3) is 0.455. The zero-order chi connectivity index (χ0) is 15.5. The van der Waals surface area contributed by atoms with Gasteiger partial charge in [-0.2, -0.15) is 4.31 Å². The first-order valence-electron chi connectivity index (χ1n) is 5.82. The smallest absolute Gasteiger partial charge is 0.312 e. The van der Waals surface area contributed by atoms with Crippen LogP contribution in [0.3, 0.4) is 0 Å². The average molecular weight is 304 g/mol. The van der Waals surface area contributed by atoms with Gasteiger partial charge >= 0.3 is 5.69 Å². The van der Waals surface area contributed by atoms with Crippen LogP contribution >= 0.6 is 0 Å². The summed E-state index contributed by atoms with van der Waals surface area (Å²) in [6.45, 7) is 2.77. The molecule has 2 N–H and O–H groups in total. The van der Waals surface area contributed by atoms with Crippen molar-refractivity contribution in [3.8, 4) is 5.75 Å². The van der Waals surface area contributed by atoms with Gasteiger partial charge in [-0.3, -0.25) is 10.1 Å². The van der Waals surface area contributed by atoms with E-state index in [-0.39, 0.29) is 18.0 Å². The summed E-state index contributed by atoms with van der Waals surface area (Å²) < 4.78 is 25.8. The molecule has 0 amide bonds. The van der Waals surface area contributed by atoms with E-state index in [1.807, 2.05) is 0 Å². The number of hydrogen-bond acceptors (Lipinski definition) is 6. The molecule has 1 aromatic rings. The van der Waals surface area contributed by atoms with Crippen LogP contribution in [-0.2, 0) is 10.0 Å². The molecule has 0 aliphatic rings. The number of aromatic hydroxyl groups is 1. The maximum Gasteiger partial charge on any atom is 0.312 e. The van der Waals surface area contributed by atoms with Crippen molar-refractivity contribution in [2.75, 3.05) is 13.2 Å². The molecule has 0 fully saturated rings. The molecule has 8 nitrogen and oxygen atoms in total. The van der Waals surface area contributed by atoms with Crippen molar-refractivity contribution in [3.63, 3.8) is 0 Å². The van der Waals surface area contributed by atoms with E-state index in [4.69, 9.17) is 5.11 Å². The highest BCUT2D eigenvalue weighted by atomic mass is 32.2. The Hall–Kier alpha value is -1.71. The predicted octanol–water partition coefficient (Wildman–Crippen LogP) is 0.692. The number of benzene rings is 1. The number of aliphatic hydroxyl groups is 1. The molecule has 0 saturated carbocycles. The highest BCUT2D eigenvalue weighted by molar-refractivity contribution is 7.89. The summed E-state index contributed by atoms with van der Waals surface area (Å²) in [5.41, 5.74) is -0.682. The van der Waals surface area contributed by atoms with Gasteiger partial charge in [0.2, 0.25) is 10.0 Å². The standard InChI is InChI=1S/C11H16N2O6S/c1-8(2)12(5-6-14)20(18,19)9-3-4-11(15)10(7-9)13(16)17/h3-4,7-8,14-15H,5-6H2,1-2H3. The number of rotatable bonds is 6. The first-order valence-corrected chi connectivity index (χ1v) is 7.26. The number of nitrogens with zero attached hydrogens (tertiary/aromatic N) is 2. The largest absolute Gasteiger partial charge is 0.502 e. The van der Waals surface area contributed by atoms with Crippen LogP contribution in [0.25, 0.3) is 0 Å². The van der Waals surface area contributed by atoms with Crippen LogP contribution in [0, 0.1) is 10.1 Å². The number of sulfonamides is 1. The van der Waals surface area contributed by atoms with Crippen LogP contribution in [0.1, 0.15) is 13.8 Å². The molecule has 0 unspecified atom stereocenters. The lowest BCUT2D eigenvalue weighted by Crippen LogP contribution is -2.38. The molecule has 112 valence electrons. The fourth-order valence-corrected chi connectivity index (χ4v) is 3.35. The third kappa shape index (κ3) is 3.24. The summed E-state index contributed by atoms with van der Waals surface area (Å²) in [4.78, 5) is 9.56. The second-order valence-corrected chi connectivity index (χ2v) is 6.23. The van der Waals surface area contributed by atoms with E-state index in [1.54, 1.807) is 13.8 Å². The van der Waals surface area contributed by atoms with Crippen LogP contribution in [-0.4, -0.2) is 47.1 Å². The molecule has 0 aromatic heterocycles. The quantitative estimate of drug-likeness (QED) is 0.589. The van der Waals surface area contributed by atoms with Crippen molar-refractivity contribution in [3.05, 3.63) is 28.3 Å². The Morgan fingerprint density at radius 1 is 1.40 bits per heavy atom. The summed E-state index contributed by atoms with van der Waals surface area (Å²) in [5.74, 6) is -0.604. The molecule has 1 rings (SSSR count). The number of nitro groups is 1. The lowest BCUT2D eigenvalue weighted by molar-refractivity contribution is -0.386. The average Bonchev–Trinajstić information content (AvgIpc) is 2.35. The maximum absolute atomic E-state index is 12.4. The number of phenolic OH excluding ortho intramolecular Hbond substituents is 1. The summed E-state index contributed by atoms with van der Waals surface area (Å²) >= 11 is 0. The van der Waals surface area contributed by atoms with Gasteiger partial charge in [0.15, 0.2) is 5.75 Å². The Labute approximate surface area is 116 Å². The summed E-state index contributed by atoms with van der Waals surface area (Å²) in [7, 11) is -3.98. The SMILES string of the molecule is CC(C)N(CCO)S(=O)(=O)c1ccc(O)c([N+](=O)[O-])c1. The Morgan fingerprint density at radius 2 is 2.00 bits per heavy atom. The summed E-state index contributed by atoms with van der Waals surface area (Å²) in [6.07, 6.45) is 0. The molecule has 9 heteroatoms. The molecule has 0 aliphatic heterocycles. The van der Waals surface area contributed by atoms with Crippen LogP contribution in [0.2, 0.25) is 0 Å². The van der Waals surface area contributed by atoms with Gasteiger partial charge in [0.1, 0.15) is 0 Å². The molecule has 0 bridgehead atoms. The Balaban J connectivity index is 3.34. The topological polar surface area (TPSA) is 121 Å². The van der Waals surface area contributed by atoms with Crippen LogP contribution < -0.4 is 0 Å². The second kappa shape index (κ2) is 6.16. The Bertz CT molecular complexity index is 599. The van der Waals surface area contributed by atoms with Crippen molar-refractivity contribution < 1.29 is 23.6 Å². The number of phenols is 1. The molecule has 1 aromatic carbocycles. The zero-order valence-electron chi connectivity index (χ0n) is 11.1. The van der Waals surface area contributed by atoms with Crippen molar-refractivity contribution in [2.45, 2.75) is 24.8 Å². The maximum atomic E-state index is 12.4. The lowest BCUT2D eigenvalue weighted by Gasteiger charge is -2.24. The van der Waals surface area contributed by atoms with E-state index in [1.165, 1.54) is 0 Å². The highest BCUT2D eigenvalue weighted by Gasteiger charge is 2.29. The fourth-order valence-electron chi connectivity index (χ4n) is 1.70. The first-order chi connectivity index (χ1) is 9.21. The molecule has 0 aliphatic carbocycles. The molecule has 20 heavy (non-hydrogen) atoms. The number of nitro benzene ring substituents is 1. The molecule has 0 radical (unpaired) electrons. The van der Waals surface area contributed by atoms with Gasteiger partial charge in [0, 0.05) is 18.7 Å². The first kappa shape index (κ1) is 16.3. The molecule has 0 spiro atoms. The van der Waals surface area contributed by atoms with Gasteiger partial charge in [0.05, 0.1) is 16.4 Å². The van der Waals surface area contributed by atoms with Crippen LogP contribution in [0.4, 0.5) is 5.69 Å². The minimum absolute atomic E-state index is 0.116. The minimum atomic E-state index is -3.98. The van der Waals surface area contributed by atoms with Gasteiger partial charge in [-0.05, 0) is 26.0 Å². The Morgan fingerprint density at radius 3 is 2.45 bits per heavy atom. The van der Waals surface area contributed by atoms with Gasteiger partial charge in [-0.25, -0.2) is 8.42 Å². The monoisotopic (exact) mass is 304 g/mol. The summed E-state index contributed by atoms with van der Waals surface area (Å²) in [5, 5.41) is 29.0. The van der Waals surface area contributed by atoms with Crippen molar-refractivity contribution in [2.24, 2.45) is 0 Å². The zero-order valence-corrected chi connectivity index (χ0v) is 11.9. The van der Waals surface area contributed by atoms with E-state index >= 15 is 0 Å². The highest BCUT2D eigenvalue weighted by Crippen LogP contribution is 2.29. The number of hydrogen-bond donors (Lipinski definition) is 2. The third-order valence-corrected chi connectivity index (χ3v) is 4.72. The van der Waals surface area contributed by atoms with E-state index in [9.17, 15) is 23.6 Å². The van der Waals surface area contributed by atoms with E-state index in [0.717, 1.165) is 22.5 Å². The van der Waals surface area contributed by atoms with Gasteiger partial charge in [-0.15, -0.1) is 0 Å². The Kier molecular flexibility index (Phi) is 5.03. The molecule has 0 atom stereocenters. The minimum Gasteiger partial charge on any atom is -0.502 e. The van der Waals surface area contributed by atoms with Crippen molar-refractivity contribution >= 4 is 15.7 Å². The van der Waals surface area contributed by atoms with Gasteiger partial charge in [0.25, 0.3) is 0 Å². The van der Waals surface area contributed by atoms with E-state index in [0.29, 0.717) is 0 Å². The normalized spacial score (nSPS) is 12.1. The molecular weight excluding hydrogens is 288 g/mol.